The third-order valence-electron chi connectivity index (χ3n) is 8.72. The minimum absolute atomic E-state index is 0.192. The molecule has 0 spiro atoms. The Balaban J connectivity index is 1.24. The molecule has 0 aliphatic carbocycles. The Morgan fingerprint density at radius 3 is 1.94 bits per heavy atom. The van der Waals surface area contributed by atoms with Crippen LogP contribution in [0, 0.1) is 13.8 Å². The van der Waals surface area contributed by atoms with Gasteiger partial charge in [0.25, 0.3) is 17.7 Å². The lowest BCUT2D eigenvalue weighted by Crippen LogP contribution is -2.38. The number of nitrogens with zero attached hydrogens (tertiary/aromatic N) is 8. The molecule has 1 fully saturated rings. The largest absolute Gasteiger partial charge is 0.483 e. The Bertz CT molecular complexity index is 2480. The van der Waals surface area contributed by atoms with Crippen LogP contribution in [0.25, 0.3) is 21.4 Å². The number of carbonyl (C=O) groups excluding carboxylic acids is 4. The second-order valence-electron chi connectivity index (χ2n) is 12.6. The maximum absolute atomic E-state index is 13.6. The molecule has 0 bridgehead atoms. The summed E-state index contributed by atoms with van der Waals surface area (Å²) in [6, 6.07) is 8.09. The zero-order chi connectivity index (χ0) is 38.3. The number of anilines is 2. The Morgan fingerprint density at radius 1 is 0.833 bits per heavy atom. The van der Waals surface area contributed by atoms with E-state index >= 15 is 0 Å². The second kappa shape index (κ2) is 14.6. The van der Waals surface area contributed by atoms with Gasteiger partial charge in [-0.2, -0.15) is 10.2 Å². The van der Waals surface area contributed by atoms with Crippen LogP contribution in [0.15, 0.2) is 42.5 Å². The molecule has 1 saturated heterocycles. The lowest BCUT2D eigenvalue weighted by molar-refractivity contribution is -0.0792. The number of carbonyl (C=O) groups is 4. The van der Waals surface area contributed by atoms with Gasteiger partial charge in [-0.1, -0.05) is 12.2 Å². The van der Waals surface area contributed by atoms with E-state index in [9.17, 15) is 19.2 Å². The summed E-state index contributed by atoms with van der Waals surface area (Å²) in [6.07, 6.45) is 3.46. The van der Waals surface area contributed by atoms with Crippen LogP contribution >= 0.6 is 11.3 Å². The van der Waals surface area contributed by atoms with Gasteiger partial charge in [0.2, 0.25) is 17.8 Å². The fourth-order valence-electron chi connectivity index (χ4n) is 6.13. The number of thiophene rings is 1. The molecule has 7 rings (SSSR count). The molecule has 6 aromatic rings. The quantitative estimate of drug-likeness (QED) is 0.119. The first-order chi connectivity index (χ1) is 25.9. The first kappa shape index (κ1) is 36.0. The molecule has 6 N–H and O–H groups in total. The normalized spacial score (nSPS) is 13.2. The average Bonchev–Trinajstić information content (AvgIpc) is 3.93. The monoisotopic (exact) mass is 754 g/mol. The summed E-state index contributed by atoms with van der Waals surface area (Å²) in [5.74, 6) is -1.24. The zero-order valence-electron chi connectivity index (χ0n) is 30.0. The molecule has 4 amide bonds. The molecule has 0 radical (unpaired) electrons. The molecule has 0 saturated carbocycles. The van der Waals surface area contributed by atoms with E-state index in [1.807, 2.05) is 32.9 Å². The molecule has 0 unspecified atom stereocenters. The van der Waals surface area contributed by atoms with Crippen molar-refractivity contribution in [1.82, 2.24) is 38.7 Å². The van der Waals surface area contributed by atoms with Gasteiger partial charge in [-0.3, -0.25) is 43.7 Å². The molecule has 1 aliphatic heterocycles. The Labute approximate surface area is 311 Å². The Hall–Kier alpha value is -6.34. The van der Waals surface area contributed by atoms with Crippen molar-refractivity contribution in [3.63, 3.8) is 0 Å². The number of amides is 4. The minimum Gasteiger partial charge on any atom is -0.483 e. The van der Waals surface area contributed by atoms with Crippen molar-refractivity contribution in [3.05, 3.63) is 75.7 Å². The van der Waals surface area contributed by atoms with Crippen LogP contribution in [0.3, 0.4) is 0 Å². The van der Waals surface area contributed by atoms with Crippen LogP contribution in [0.5, 0.6) is 5.75 Å². The van der Waals surface area contributed by atoms with E-state index in [4.69, 9.17) is 25.9 Å². The standard InChI is InChI=1S/C35H38N12O6S/c1-5-46-24(11-18(3)42-46)31(50)40-34-38-22-13-20(29(36)48)14-26(53-21-16-52-17-21)28(22)44(34)9-7-8-10-45-33-23(15-27(54-33)30(37)49)39-35(45)41-32(51)25-12-19(4)43-47(25)6-2/h7-8,11-15,21H,5-6,9-10,16-17H2,1-4H3,(H2,36,48)(H2,37,49)(H,38,40,50)(H,39,41,51)/b8-7+. The molecule has 54 heavy (non-hydrogen) atoms. The molecule has 1 aliphatic rings. The summed E-state index contributed by atoms with van der Waals surface area (Å²) in [7, 11) is 0. The van der Waals surface area contributed by atoms with Gasteiger partial charge < -0.3 is 25.5 Å². The fraction of sp³-hybridized carbons (Fsp3) is 0.314. The van der Waals surface area contributed by atoms with Crippen molar-refractivity contribution in [1.29, 1.82) is 0 Å². The van der Waals surface area contributed by atoms with Gasteiger partial charge in [-0.25, -0.2) is 9.97 Å². The number of nitrogens with two attached hydrogens (primary N) is 2. The zero-order valence-corrected chi connectivity index (χ0v) is 30.8. The van der Waals surface area contributed by atoms with E-state index in [0.29, 0.717) is 81.1 Å². The van der Waals surface area contributed by atoms with Crippen LogP contribution in [0.2, 0.25) is 0 Å². The van der Waals surface area contributed by atoms with E-state index < -0.39 is 17.7 Å². The number of aryl methyl sites for hydroxylation is 4. The SMILES string of the molecule is CCn1nc(C)cc1C(=O)Nc1nc2cc(C(N)=O)sc2n1C/C=C/Cn1c(NC(=O)c2cc(C)nn2CC)nc2cc(C(N)=O)cc(OC3COC3)c21. The molecule has 18 nitrogen and oxygen atoms in total. The van der Waals surface area contributed by atoms with Gasteiger partial charge in [0.15, 0.2) is 0 Å². The highest BCUT2D eigenvalue weighted by atomic mass is 32.1. The Morgan fingerprint density at radius 2 is 1.41 bits per heavy atom. The molecule has 19 heteroatoms. The van der Waals surface area contributed by atoms with Crippen LogP contribution in [-0.2, 0) is 30.9 Å². The van der Waals surface area contributed by atoms with Crippen molar-refractivity contribution in [2.45, 2.75) is 60.0 Å². The van der Waals surface area contributed by atoms with Gasteiger partial charge in [0.05, 0.1) is 35.0 Å². The number of allylic oxidation sites excluding steroid dienone is 2. The van der Waals surface area contributed by atoms with Crippen molar-refractivity contribution < 1.29 is 28.7 Å². The van der Waals surface area contributed by atoms with E-state index in [0.717, 1.165) is 11.3 Å². The third kappa shape index (κ3) is 6.93. The first-order valence-corrected chi connectivity index (χ1v) is 18.0. The first-order valence-electron chi connectivity index (χ1n) is 17.2. The van der Waals surface area contributed by atoms with Crippen molar-refractivity contribution in [3.8, 4) is 5.75 Å². The molecule has 1 aromatic carbocycles. The number of rotatable bonds is 14. The summed E-state index contributed by atoms with van der Waals surface area (Å²) in [4.78, 5) is 61.6. The van der Waals surface area contributed by atoms with Gasteiger partial charge in [-0.05, 0) is 58.0 Å². The van der Waals surface area contributed by atoms with Crippen LogP contribution in [0.4, 0.5) is 11.9 Å². The highest BCUT2D eigenvalue weighted by Gasteiger charge is 2.26. The summed E-state index contributed by atoms with van der Waals surface area (Å²) < 4.78 is 18.3. The van der Waals surface area contributed by atoms with Crippen molar-refractivity contribution in [2.75, 3.05) is 23.8 Å². The topological polar surface area (TPSA) is 234 Å². The maximum atomic E-state index is 13.6. The molecule has 0 atom stereocenters. The lowest BCUT2D eigenvalue weighted by atomic mass is 10.1. The lowest BCUT2D eigenvalue weighted by Gasteiger charge is -2.27. The average molecular weight is 755 g/mol. The van der Waals surface area contributed by atoms with Gasteiger partial charge in [0.1, 0.15) is 39.1 Å². The molecular formula is C35H38N12O6S. The van der Waals surface area contributed by atoms with Crippen LogP contribution in [-0.4, -0.2) is 81.6 Å². The van der Waals surface area contributed by atoms with Gasteiger partial charge >= 0.3 is 0 Å². The van der Waals surface area contributed by atoms with Crippen molar-refractivity contribution >= 4 is 68.2 Å². The van der Waals surface area contributed by atoms with E-state index in [2.05, 4.69) is 25.8 Å². The fourth-order valence-corrected chi connectivity index (χ4v) is 7.09. The maximum Gasteiger partial charge on any atom is 0.276 e. The third-order valence-corrected chi connectivity index (χ3v) is 9.88. The summed E-state index contributed by atoms with van der Waals surface area (Å²) in [5, 5.41) is 14.6. The number of hydrogen-bond acceptors (Lipinski definition) is 11. The highest BCUT2D eigenvalue weighted by Crippen LogP contribution is 2.33. The van der Waals surface area contributed by atoms with Crippen molar-refractivity contribution in [2.24, 2.45) is 11.5 Å². The number of benzene rings is 1. The number of hydrogen-bond donors (Lipinski definition) is 4. The molecular weight excluding hydrogens is 717 g/mol. The van der Waals surface area contributed by atoms with E-state index in [1.165, 1.54) is 0 Å². The summed E-state index contributed by atoms with van der Waals surface area (Å²) >= 11 is 1.16. The number of nitrogens with one attached hydrogen (secondary N) is 2. The number of primary amides is 2. The predicted octanol–water partition coefficient (Wildman–Crippen LogP) is 3.23. The molecule has 6 heterocycles. The van der Waals surface area contributed by atoms with Gasteiger partial charge in [-0.15, -0.1) is 11.3 Å². The second-order valence-corrected chi connectivity index (χ2v) is 13.6. The molecule has 280 valence electrons. The summed E-state index contributed by atoms with van der Waals surface area (Å²) in [5.41, 5.74) is 15.0. The van der Waals surface area contributed by atoms with Crippen LogP contribution < -0.4 is 26.8 Å². The van der Waals surface area contributed by atoms with Crippen LogP contribution in [0.1, 0.15) is 66.2 Å². The van der Waals surface area contributed by atoms with E-state index in [1.54, 1.807) is 55.8 Å². The molecule has 5 aromatic heterocycles. The number of ether oxygens (including phenoxy) is 2. The smallest absolute Gasteiger partial charge is 0.276 e. The van der Waals surface area contributed by atoms with Gasteiger partial charge in [0, 0.05) is 31.7 Å². The minimum atomic E-state index is -0.661. The number of fused-ring (bicyclic) bond motifs is 2. The van der Waals surface area contributed by atoms with E-state index in [-0.39, 0.29) is 42.6 Å². The Kier molecular flexibility index (Phi) is 9.74. The number of imidazole rings is 2. The number of aromatic nitrogens is 8. The summed E-state index contributed by atoms with van der Waals surface area (Å²) in [6.45, 7) is 9.55. The predicted molar refractivity (Wildman–Crippen MR) is 200 cm³/mol. The highest BCUT2D eigenvalue weighted by molar-refractivity contribution is 7.20.